The number of benzene rings is 1. The molecule has 2 spiro atoms. The van der Waals surface area contributed by atoms with E-state index in [4.69, 9.17) is 4.74 Å². The van der Waals surface area contributed by atoms with Crippen molar-refractivity contribution in [2.45, 2.75) is 111 Å². The van der Waals surface area contributed by atoms with Crippen molar-refractivity contribution in [3.05, 3.63) is 42.1 Å². The van der Waals surface area contributed by atoms with Gasteiger partial charge in [-0.15, -0.1) is 0 Å². The first-order valence-electron chi connectivity index (χ1n) is 18.3. The molecule has 1 aromatic heterocycles. The number of hydrogen-bond acceptors (Lipinski definition) is 7. The van der Waals surface area contributed by atoms with E-state index >= 15 is 0 Å². The van der Waals surface area contributed by atoms with Gasteiger partial charge in [0.1, 0.15) is 17.9 Å². The summed E-state index contributed by atoms with van der Waals surface area (Å²) in [6.45, 7) is 17.4. The first-order valence-corrected chi connectivity index (χ1v) is 18.3. The molecule has 4 fully saturated rings. The molecule has 2 aromatic rings. The number of likely N-dealkylation sites (tertiary alicyclic amines) is 1. The third-order valence-electron chi connectivity index (χ3n) is 11.4. The molecule has 1 atom stereocenters. The van der Waals surface area contributed by atoms with Crippen molar-refractivity contribution in [3.8, 4) is 11.5 Å². The smallest absolute Gasteiger partial charge is 0.258 e. The SMILES string of the molecule is CC(C)CC1CC2(CCC(CN3CCC4(CC3)CN(c3ncncc3Oc3ccc(F)cc3C(=O)N(C(C)C)C(C)C)C4)CC2)NC1=O. The number of piperidine rings is 1. The quantitative estimate of drug-likeness (QED) is 0.304. The van der Waals surface area contributed by atoms with Gasteiger partial charge >= 0.3 is 0 Å². The number of amides is 2. The molecular formula is C38H55FN6O3. The molecule has 0 radical (unpaired) electrons. The molecule has 4 heterocycles. The number of aromatic nitrogens is 2. The van der Waals surface area contributed by atoms with Gasteiger partial charge in [-0.3, -0.25) is 9.59 Å². The normalized spacial score (nSPS) is 25.6. The van der Waals surface area contributed by atoms with Crippen molar-refractivity contribution in [3.63, 3.8) is 0 Å². The fourth-order valence-electron chi connectivity index (χ4n) is 8.99. The summed E-state index contributed by atoms with van der Waals surface area (Å²) >= 11 is 0. The predicted octanol–water partition coefficient (Wildman–Crippen LogP) is 6.68. The van der Waals surface area contributed by atoms with Gasteiger partial charge in [0.25, 0.3) is 5.91 Å². The standard InChI is InChI=1S/C38H55FN6O3/c1-25(2)17-29-19-38(42-35(29)46)11-9-28(10-12-38)21-43-15-13-37(14-16-43)22-44(23-37)34-33(20-40-24-41-34)48-32-8-7-30(39)18-31(32)36(47)45(26(3)4)27(5)6/h7-8,18,20,24-29H,9-17,19,21-23H2,1-6H3,(H,42,46). The Kier molecular flexibility index (Phi) is 10.0. The maximum atomic E-state index is 14.4. The number of rotatable bonds is 10. The molecule has 1 saturated carbocycles. The first kappa shape index (κ1) is 34.6. The Morgan fingerprint density at radius 1 is 1.04 bits per heavy atom. The lowest BCUT2D eigenvalue weighted by Gasteiger charge is -2.55. The van der Waals surface area contributed by atoms with Crippen molar-refractivity contribution >= 4 is 17.6 Å². The van der Waals surface area contributed by atoms with Crippen LogP contribution in [0.5, 0.6) is 11.5 Å². The molecule has 2 amide bonds. The van der Waals surface area contributed by atoms with Crippen LogP contribution in [0.1, 0.15) is 103 Å². The fraction of sp³-hybridized carbons (Fsp3) is 0.684. The average Bonchev–Trinajstić information content (AvgIpc) is 3.31. The number of nitrogens with one attached hydrogen (secondary N) is 1. The van der Waals surface area contributed by atoms with Gasteiger partial charge in [-0.25, -0.2) is 14.4 Å². The van der Waals surface area contributed by atoms with E-state index in [2.05, 4.69) is 38.9 Å². The molecule has 262 valence electrons. The van der Waals surface area contributed by atoms with Gasteiger partial charge in [-0.05, 0) is 122 Å². The minimum atomic E-state index is -0.483. The Balaban J connectivity index is 1.02. The largest absolute Gasteiger partial charge is 0.451 e. The number of hydrogen-bond donors (Lipinski definition) is 1. The van der Waals surface area contributed by atoms with Crippen LogP contribution in [0.4, 0.5) is 10.2 Å². The van der Waals surface area contributed by atoms with Crippen LogP contribution < -0.4 is 15.0 Å². The molecule has 6 rings (SSSR count). The van der Waals surface area contributed by atoms with Crippen LogP contribution in [0.15, 0.2) is 30.7 Å². The Hall–Kier alpha value is -3.27. The van der Waals surface area contributed by atoms with Gasteiger partial charge in [0, 0.05) is 48.6 Å². The van der Waals surface area contributed by atoms with E-state index in [-0.39, 0.29) is 46.3 Å². The second-order valence-corrected chi connectivity index (χ2v) is 16.3. The highest BCUT2D eigenvalue weighted by molar-refractivity contribution is 5.97. The maximum absolute atomic E-state index is 14.4. The lowest BCUT2D eigenvalue weighted by molar-refractivity contribution is -0.123. The van der Waals surface area contributed by atoms with E-state index < -0.39 is 5.82 Å². The number of nitrogens with zero attached hydrogens (tertiary/aromatic N) is 5. The Bertz CT molecular complexity index is 1450. The average molecular weight is 663 g/mol. The fourth-order valence-corrected chi connectivity index (χ4v) is 8.99. The maximum Gasteiger partial charge on any atom is 0.258 e. The summed E-state index contributed by atoms with van der Waals surface area (Å²) in [5.41, 5.74) is 0.506. The van der Waals surface area contributed by atoms with E-state index in [1.165, 1.54) is 37.4 Å². The van der Waals surface area contributed by atoms with Crippen LogP contribution in [0, 0.1) is 29.0 Å². The Labute approximate surface area is 286 Å². The zero-order valence-electron chi connectivity index (χ0n) is 29.8. The molecule has 10 heteroatoms. The number of ether oxygens (including phenoxy) is 1. The summed E-state index contributed by atoms with van der Waals surface area (Å²) in [6.07, 6.45) is 12.1. The van der Waals surface area contributed by atoms with Crippen LogP contribution in [0.3, 0.4) is 0 Å². The first-order chi connectivity index (χ1) is 22.9. The van der Waals surface area contributed by atoms with E-state index in [1.807, 2.05) is 27.7 Å². The van der Waals surface area contributed by atoms with Crippen molar-refractivity contribution in [2.24, 2.45) is 23.2 Å². The second kappa shape index (κ2) is 13.9. The molecule has 9 nitrogen and oxygen atoms in total. The summed E-state index contributed by atoms with van der Waals surface area (Å²) in [5, 5.41) is 3.42. The minimum Gasteiger partial charge on any atom is -0.451 e. The van der Waals surface area contributed by atoms with Gasteiger partial charge in [-0.2, -0.15) is 0 Å². The summed E-state index contributed by atoms with van der Waals surface area (Å²) in [5.74, 6) is 2.47. The minimum absolute atomic E-state index is 0.0496. The zero-order valence-corrected chi connectivity index (χ0v) is 29.8. The monoisotopic (exact) mass is 662 g/mol. The second-order valence-electron chi connectivity index (χ2n) is 16.3. The van der Waals surface area contributed by atoms with Crippen LogP contribution in [0.25, 0.3) is 0 Å². The lowest BCUT2D eigenvalue weighted by atomic mass is 9.71. The topological polar surface area (TPSA) is 90.9 Å². The zero-order chi connectivity index (χ0) is 34.2. The highest BCUT2D eigenvalue weighted by Gasteiger charge is 2.48. The molecule has 3 saturated heterocycles. The summed E-state index contributed by atoms with van der Waals surface area (Å²) < 4.78 is 20.7. The molecule has 4 aliphatic rings. The van der Waals surface area contributed by atoms with Gasteiger partial charge in [0.2, 0.25) is 5.91 Å². The molecule has 0 bridgehead atoms. The number of halogens is 1. The molecule has 48 heavy (non-hydrogen) atoms. The number of carbonyl (C=O) groups excluding carboxylic acids is 2. The van der Waals surface area contributed by atoms with Crippen LogP contribution >= 0.6 is 0 Å². The summed E-state index contributed by atoms with van der Waals surface area (Å²) in [6, 6.07) is 3.99. The van der Waals surface area contributed by atoms with Crippen molar-refractivity contribution in [1.82, 2.24) is 25.1 Å². The number of anilines is 1. The summed E-state index contributed by atoms with van der Waals surface area (Å²) in [7, 11) is 0. The van der Waals surface area contributed by atoms with Crippen molar-refractivity contribution < 1.29 is 18.7 Å². The van der Waals surface area contributed by atoms with Crippen LogP contribution in [-0.2, 0) is 4.79 Å². The third kappa shape index (κ3) is 7.33. The van der Waals surface area contributed by atoms with E-state index in [0.29, 0.717) is 29.2 Å². The highest BCUT2D eigenvalue weighted by Crippen LogP contribution is 2.46. The van der Waals surface area contributed by atoms with Gasteiger partial charge in [-0.1, -0.05) is 13.8 Å². The molecule has 1 unspecified atom stereocenters. The molecule has 1 aliphatic carbocycles. The van der Waals surface area contributed by atoms with E-state index in [9.17, 15) is 14.0 Å². The van der Waals surface area contributed by atoms with Gasteiger partial charge in [0.15, 0.2) is 11.6 Å². The molecule has 3 aliphatic heterocycles. The predicted molar refractivity (Wildman–Crippen MR) is 186 cm³/mol. The van der Waals surface area contributed by atoms with Gasteiger partial charge in [0.05, 0.1) is 11.8 Å². The summed E-state index contributed by atoms with van der Waals surface area (Å²) in [4.78, 5) is 41.7. The van der Waals surface area contributed by atoms with Crippen LogP contribution in [0.2, 0.25) is 0 Å². The lowest BCUT2D eigenvalue weighted by Crippen LogP contribution is -2.61. The molecular weight excluding hydrogens is 607 g/mol. The van der Waals surface area contributed by atoms with Gasteiger partial charge < -0.3 is 24.8 Å². The molecule has 1 N–H and O–H groups in total. The number of carbonyl (C=O) groups is 2. The van der Waals surface area contributed by atoms with E-state index in [1.54, 1.807) is 11.1 Å². The molecule has 1 aromatic carbocycles. The van der Waals surface area contributed by atoms with E-state index in [0.717, 1.165) is 71.2 Å². The van der Waals surface area contributed by atoms with Crippen LogP contribution in [-0.4, -0.2) is 81.9 Å². The van der Waals surface area contributed by atoms with Crippen molar-refractivity contribution in [2.75, 3.05) is 37.6 Å². The van der Waals surface area contributed by atoms with Crippen molar-refractivity contribution in [1.29, 1.82) is 0 Å². The Morgan fingerprint density at radius 2 is 1.73 bits per heavy atom. The third-order valence-corrected chi connectivity index (χ3v) is 11.4. The Morgan fingerprint density at radius 3 is 2.38 bits per heavy atom. The highest BCUT2D eigenvalue weighted by atomic mass is 19.1.